The minimum atomic E-state index is -0.485. The van der Waals surface area contributed by atoms with Crippen molar-refractivity contribution < 1.29 is 14.8 Å². The van der Waals surface area contributed by atoms with E-state index in [-0.39, 0.29) is 23.2 Å². The summed E-state index contributed by atoms with van der Waals surface area (Å²) in [7, 11) is 0. The van der Waals surface area contributed by atoms with Crippen molar-refractivity contribution in [1.29, 1.82) is 0 Å². The smallest absolute Gasteiger partial charge is 0.271 e. The Morgan fingerprint density at radius 3 is 3.00 bits per heavy atom. The number of nitro groups is 1. The number of aliphatic hydroxyl groups excluding tert-OH is 1. The molecule has 0 bridgehead atoms. The molecule has 1 amide bonds. The second-order valence-corrected chi connectivity index (χ2v) is 5.62. The van der Waals surface area contributed by atoms with Crippen LogP contribution in [-0.2, 0) is 0 Å². The Labute approximate surface area is 137 Å². The molecule has 0 radical (unpaired) electrons. The number of carbonyl (C=O) groups is 1. The van der Waals surface area contributed by atoms with Crippen molar-refractivity contribution in [2.75, 3.05) is 19.6 Å². The Bertz CT molecular complexity index is 760. The first-order valence-electron chi connectivity index (χ1n) is 7.52. The van der Waals surface area contributed by atoms with E-state index in [1.807, 2.05) is 0 Å². The molecule has 1 saturated heterocycles. The van der Waals surface area contributed by atoms with Crippen molar-refractivity contribution in [3.05, 3.63) is 52.3 Å². The molecule has 0 aliphatic carbocycles. The predicted molar refractivity (Wildman–Crippen MR) is 84.9 cm³/mol. The molecule has 3 rings (SSSR count). The second kappa shape index (κ2) is 6.77. The highest BCUT2D eigenvalue weighted by Gasteiger charge is 2.25. The standard InChI is InChI=1S/C15H17N5O4/c21-14-9-16-7-10(14)8-17-15(22)13-4-5-19(18-13)11-2-1-3-12(6-11)20(23)24/h1-6,10,14,16,21H,7-9H2,(H,17,22). The number of rotatable bonds is 5. The van der Waals surface area contributed by atoms with Gasteiger partial charge in [-0.25, -0.2) is 4.68 Å². The molecule has 3 N–H and O–H groups in total. The monoisotopic (exact) mass is 331 g/mol. The first-order valence-corrected chi connectivity index (χ1v) is 7.52. The number of non-ortho nitro benzene ring substituents is 1. The summed E-state index contributed by atoms with van der Waals surface area (Å²) in [5, 5.41) is 30.5. The molecule has 9 nitrogen and oxygen atoms in total. The number of carbonyl (C=O) groups excluding carboxylic acids is 1. The zero-order valence-electron chi connectivity index (χ0n) is 12.8. The summed E-state index contributed by atoms with van der Waals surface area (Å²) in [5.74, 6) is -0.369. The molecule has 2 unspecified atom stereocenters. The Kier molecular flexibility index (Phi) is 4.54. The van der Waals surface area contributed by atoms with Gasteiger partial charge in [-0.2, -0.15) is 5.10 Å². The molecule has 0 saturated carbocycles. The van der Waals surface area contributed by atoms with Gasteiger partial charge in [0.2, 0.25) is 0 Å². The molecule has 2 atom stereocenters. The quantitative estimate of drug-likeness (QED) is 0.527. The van der Waals surface area contributed by atoms with Gasteiger partial charge in [0.15, 0.2) is 5.69 Å². The van der Waals surface area contributed by atoms with E-state index < -0.39 is 11.0 Å². The van der Waals surface area contributed by atoms with Crippen LogP contribution in [0.2, 0.25) is 0 Å². The van der Waals surface area contributed by atoms with Crippen LogP contribution >= 0.6 is 0 Å². The maximum absolute atomic E-state index is 12.1. The summed E-state index contributed by atoms with van der Waals surface area (Å²) in [4.78, 5) is 22.5. The fourth-order valence-corrected chi connectivity index (χ4v) is 2.58. The lowest BCUT2D eigenvalue weighted by Gasteiger charge is -2.13. The van der Waals surface area contributed by atoms with Crippen LogP contribution in [0.5, 0.6) is 0 Å². The highest BCUT2D eigenvalue weighted by molar-refractivity contribution is 5.92. The van der Waals surface area contributed by atoms with Gasteiger partial charge in [-0.3, -0.25) is 14.9 Å². The van der Waals surface area contributed by atoms with Crippen molar-refractivity contribution in [2.45, 2.75) is 6.10 Å². The molecular weight excluding hydrogens is 314 g/mol. The summed E-state index contributed by atoms with van der Waals surface area (Å²) < 4.78 is 1.41. The molecule has 0 spiro atoms. The van der Waals surface area contributed by atoms with Crippen LogP contribution in [0.25, 0.3) is 5.69 Å². The summed E-state index contributed by atoms with van der Waals surface area (Å²) in [6, 6.07) is 7.54. The van der Waals surface area contributed by atoms with Crippen LogP contribution in [0.1, 0.15) is 10.5 Å². The van der Waals surface area contributed by atoms with Gasteiger partial charge in [-0.15, -0.1) is 0 Å². The zero-order valence-corrected chi connectivity index (χ0v) is 12.8. The Hall–Kier alpha value is -2.78. The first-order chi connectivity index (χ1) is 11.5. The van der Waals surface area contributed by atoms with Gasteiger partial charge in [-0.05, 0) is 12.1 Å². The molecule has 126 valence electrons. The lowest BCUT2D eigenvalue weighted by molar-refractivity contribution is -0.384. The molecule has 1 aliphatic heterocycles. The third-order valence-electron chi connectivity index (χ3n) is 3.96. The highest BCUT2D eigenvalue weighted by atomic mass is 16.6. The van der Waals surface area contributed by atoms with Gasteiger partial charge in [0.25, 0.3) is 11.6 Å². The van der Waals surface area contributed by atoms with E-state index in [0.29, 0.717) is 25.3 Å². The van der Waals surface area contributed by atoms with E-state index >= 15 is 0 Å². The molecule has 1 aliphatic rings. The minimum Gasteiger partial charge on any atom is -0.391 e. The van der Waals surface area contributed by atoms with Gasteiger partial charge in [0, 0.05) is 43.9 Å². The van der Waals surface area contributed by atoms with Crippen molar-refractivity contribution in [3.63, 3.8) is 0 Å². The Balaban J connectivity index is 1.67. The molecule has 2 aromatic rings. The van der Waals surface area contributed by atoms with Gasteiger partial charge in [-0.1, -0.05) is 6.07 Å². The summed E-state index contributed by atoms with van der Waals surface area (Å²) >= 11 is 0. The number of β-amino-alcohol motifs (C(OH)–C–C–N with tert-alkyl or cyclic N) is 1. The fourth-order valence-electron chi connectivity index (χ4n) is 2.58. The van der Waals surface area contributed by atoms with E-state index in [1.54, 1.807) is 18.3 Å². The summed E-state index contributed by atoms with van der Waals surface area (Å²) in [6.45, 7) is 1.54. The Morgan fingerprint density at radius 2 is 2.29 bits per heavy atom. The predicted octanol–water partition coefficient (Wildman–Crippen LogP) is 0.0906. The number of benzene rings is 1. The number of aliphatic hydroxyl groups is 1. The van der Waals surface area contributed by atoms with Crippen LogP contribution in [0.4, 0.5) is 5.69 Å². The van der Waals surface area contributed by atoms with Crippen molar-refractivity contribution >= 4 is 11.6 Å². The number of hydrogen-bond donors (Lipinski definition) is 3. The van der Waals surface area contributed by atoms with Gasteiger partial charge in [0.05, 0.1) is 16.7 Å². The SMILES string of the molecule is O=C(NCC1CNCC1O)c1ccn(-c2cccc([N+](=O)[O-])c2)n1. The summed E-state index contributed by atoms with van der Waals surface area (Å²) in [6.07, 6.45) is 1.10. The van der Waals surface area contributed by atoms with Crippen LogP contribution < -0.4 is 10.6 Å². The number of nitrogens with zero attached hydrogens (tertiary/aromatic N) is 3. The molecule has 24 heavy (non-hydrogen) atoms. The van der Waals surface area contributed by atoms with Gasteiger partial charge >= 0.3 is 0 Å². The summed E-state index contributed by atoms with van der Waals surface area (Å²) in [5.41, 5.74) is 0.664. The third kappa shape index (κ3) is 3.42. The number of nitro benzene ring substituents is 1. The largest absolute Gasteiger partial charge is 0.391 e. The molecule has 2 heterocycles. The number of amides is 1. The first kappa shape index (κ1) is 16.1. The van der Waals surface area contributed by atoms with Crippen molar-refractivity contribution in [2.24, 2.45) is 5.92 Å². The second-order valence-electron chi connectivity index (χ2n) is 5.62. The molecule has 1 fully saturated rings. The zero-order chi connectivity index (χ0) is 17.1. The average Bonchev–Trinajstić information content (AvgIpc) is 3.22. The van der Waals surface area contributed by atoms with Crippen LogP contribution in [0, 0.1) is 16.0 Å². The van der Waals surface area contributed by atoms with Crippen LogP contribution in [0.3, 0.4) is 0 Å². The van der Waals surface area contributed by atoms with Crippen LogP contribution in [0.15, 0.2) is 36.5 Å². The highest BCUT2D eigenvalue weighted by Crippen LogP contribution is 2.16. The van der Waals surface area contributed by atoms with E-state index in [4.69, 9.17) is 0 Å². The number of nitrogens with one attached hydrogen (secondary N) is 2. The van der Waals surface area contributed by atoms with Crippen molar-refractivity contribution in [3.8, 4) is 5.69 Å². The molecule has 9 heteroatoms. The van der Waals surface area contributed by atoms with Gasteiger partial charge in [0.1, 0.15) is 0 Å². The normalized spacial score (nSPS) is 20.0. The van der Waals surface area contributed by atoms with Crippen LogP contribution in [-0.4, -0.2) is 51.5 Å². The average molecular weight is 331 g/mol. The number of aromatic nitrogens is 2. The lowest BCUT2D eigenvalue weighted by atomic mass is 10.1. The van der Waals surface area contributed by atoms with Crippen molar-refractivity contribution in [1.82, 2.24) is 20.4 Å². The molecular formula is C15H17N5O4. The van der Waals surface area contributed by atoms with Gasteiger partial charge < -0.3 is 15.7 Å². The lowest BCUT2D eigenvalue weighted by Crippen LogP contribution is -2.34. The van der Waals surface area contributed by atoms with E-state index in [0.717, 1.165) is 0 Å². The molecule has 1 aromatic carbocycles. The van der Waals surface area contributed by atoms with E-state index in [1.165, 1.54) is 22.9 Å². The van der Waals surface area contributed by atoms with E-state index in [2.05, 4.69) is 15.7 Å². The maximum atomic E-state index is 12.1. The topological polar surface area (TPSA) is 122 Å². The fraction of sp³-hybridized carbons (Fsp3) is 0.333. The number of hydrogen-bond acceptors (Lipinski definition) is 6. The Morgan fingerprint density at radius 1 is 1.46 bits per heavy atom. The minimum absolute atomic E-state index is 0.0205. The molecule has 1 aromatic heterocycles. The third-order valence-corrected chi connectivity index (χ3v) is 3.96. The maximum Gasteiger partial charge on any atom is 0.271 e. The van der Waals surface area contributed by atoms with E-state index in [9.17, 15) is 20.0 Å².